The van der Waals surface area contributed by atoms with Gasteiger partial charge in [0, 0.05) is 38.2 Å². The van der Waals surface area contributed by atoms with Crippen molar-refractivity contribution in [2.75, 3.05) is 23.8 Å². The van der Waals surface area contributed by atoms with Crippen LogP contribution >= 0.6 is 11.3 Å². The van der Waals surface area contributed by atoms with Crippen molar-refractivity contribution in [2.24, 2.45) is 0 Å². The van der Waals surface area contributed by atoms with Gasteiger partial charge in [-0.2, -0.15) is 0 Å². The van der Waals surface area contributed by atoms with Gasteiger partial charge in [-0.05, 0) is 43.2 Å². The molecule has 28 heavy (non-hydrogen) atoms. The third-order valence-electron chi connectivity index (χ3n) is 5.02. The van der Waals surface area contributed by atoms with Crippen LogP contribution < -0.4 is 10.6 Å². The van der Waals surface area contributed by atoms with E-state index in [-0.39, 0.29) is 17.4 Å². The molecule has 2 N–H and O–H groups in total. The van der Waals surface area contributed by atoms with Crippen LogP contribution in [0.25, 0.3) is 10.2 Å². The van der Waals surface area contributed by atoms with Crippen LogP contribution in [0.5, 0.6) is 0 Å². The monoisotopic (exact) mass is 398 g/mol. The van der Waals surface area contributed by atoms with Crippen LogP contribution in [0.2, 0.25) is 0 Å². The summed E-state index contributed by atoms with van der Waals surface area (Å²) in [5.74, 6) is -0.180. The lowest BCUT2D eigenvalue weighted by Gasteiger charge is -2.38. The van der Waals surface area contributed by atoms with E-state index in [0.29, 0.717) is 24.8 Å². The van der Waals surface area contributed by atoms with E-state index in [1.807, 2.05) is 36.7 Å². The SMILES string of the molecule is CC(=O)Nc1ccc2nc(NC(=O)CC3(n4cccc4)CCOCC3)sc2c1. The van der Waals surface area contributed by atoms with Crippen LogP contribution in [0.1, 0.15) is 26.2 Å². The quantitative estimate of drug-likeness (QED) is 0.688. The fourth-order valence-corrected chi connectivity index (χ4v) is 4.57. The van der Waals surface area contributed by atoms with Crippen LogP contribution in [-0.2, 0) is 19.9 Å². The van der Waals surface area contributed by atoms with Crippen molar-refractivity contribution in [2.45, 2.75) is 31.7 Å². The zero-order valence-electron chi connectivity index (χ0n) is 15.6. The number of anilines is 2. The zero-order chi connectivity index (χ0) is 19.6. The molecule has 3 aromatic rings. The number of rotatable bonds is 5. The van der Waals surface area contributed by atoms with E-state index >= 15 is 0 Å². The molecule has 146 valence electrons. The summed E-state index contributed by atoms with van der Waals surface area (Å²) in [6.07, 6.45) is 6.00. The molecule has 1 saturated heterocycles. The number of hydrogen-bond acceptors (Lipinski definition) is 5. The molecule has 0 bridgehead atoms. The maximum absolute atomic E-state index is 12.8. The first-order chi connectivity index (χ1) is 13.5. The fraction of sp³-hybridized carbons (Fsp3) is 0.350. The van der Waals surface area contributed by atoms with Crippen molar-refractivity contribution >= 4 is 44.2 Å². The molecule has 1 aliphatic rings. The van der Waals surface area contributed by atoms with Gasteiger partial charge in [0.05, 0.1) is 22.2 Å². The molecule has 7 nitrogen and oxygen atoms in total. The second-order valence-electron chi connectivity index (χ2n) is 7.03. The lowest BCUT2D eigenvalue weighted by atomic mass is 9.86. The summed E-state index contributed by atoms with van der Waals surface area (Å²) in [6, 6.07) is 9.47. The predicted molar refractivity (Wildman–Crippen MR) is 110 cm³/mol. The smallest absolute Gasteiger partial charge is 0.228 e. The van der Waals surface area contributed by atoms with E-state index in [2.05, 4.69) is 20.2 Å². The highest BCUT2D eigenvalue weighted by molar-refractivity contribution is 7.22. The Labute approximate surface area is 166 Å². The average molecular weight is 398 g/mol. The Hall–Kier alpha value is -2.71. The molecule has 4 rings (SSSR count). The standard InChI is InChI=1S/C20H22N4O3S/c1-14(25)21-15-4-5-16-17(12-15)28-19(22-16)23-18(26)13-20(6-10-27-11-7-20)24-8-2-3-9-24/h2-5,8-9,12H,6-7,10-11,13H2,1H3,(H,21,25)(H,22,23,26). The van der Waals surface area contributed by atoms with E-state index in [0.717, 1.165) is 28.7 Å². The number of carbonyl (C=O) groups excluding carboxylic acids is 2. The number of thiazole rings is 1. The third kappa shape index (κ3) is 3.93. The summed E-state index contributed by atoms with van der Waals surface area (Å²) in [5, 5.41) is 6.28. The van der Waals surface area contributed by atoms with Gasteiger partial charge in [0.15, 0.2) is 5.13 Å². The molecular formula is C20H22N4O3S. The van der Waals surface area contributed by atoms with Gasteiger partial charge in [-0.3, -0.25) is 9.59 Å². The van der Waals surface area contributed by atoms with Gasteiger partial charge in [-0.15, -0.1) is 0 Å². The number of nitrogens with zero attached hydrogens (tertiary/aromatic N) is 2. The Bertz CT molecular complexity index is 990. The highest BCUT2D eigenvalue weighted by Crippen LogP contribution is 2.34. The topological polar surface area (TPSA) is 85.3 Å². The molecule has 0 radical (unpaired) electrons. The van der Waals surface area contributed by atoms with Gasteiger partial charge < -0.3 is 19.9 Å². The van der Waals surface area contributed by atoms with Gasteiger partial charge in [0.25, 0.3) is 0 Å². The summed E-state index contributed by atoms with van der Waals surface area (Å²) >= 11 is 1.40. The van der Waals surface area contributed by atoms with E-state index in [1.54, 1.807) is 6.07 Å². The number of nitrogens with one attached hydrogen (secondary N) is 2. The molecule has 1 aromatic carbocycles. The minimum atomic E-state index is -0.263. The van der Waals surface area contributed by atoms with E-state index in [9.17, 15) is 9.59 Å². The molecule has 2 aromatic heterocycles. The lowest BCUT2D eigenvalue weighted by molar-refractivity contribution is -0.119. The summed E-state index contributed by atoms with van der Waals surface area (Å²) in [5.41, 5.74) is 1.25. The van der Waals surface area contributed by atoms with Crippen molar-refractivity contribution in [3.05, 3.63) is 42.7 Å². The van der Waals surface area contributed by atoms with E-state index < -0.39 is 0 Å². The van der Waals surface area contributed by atoms with Gasteiger partial charge in [-0.1, -0.05) is 11.3 Å². The summed E-state index contributed by atoms with van der Waals surface area (Å²) < 4.78 is 8.56. The van der Waals surface area contributed by atoms with E-state index in [1.165, 1.54) is 18.3 Å². The molecular weight excluding hydrogens is 376 g/mol. The lowest BCUT2D eigenvalue weighted by Crippen LogP contribution is -2.42. The minimum Gasteiger partial charge on any atom is -0.381 e. The first-order valence-electron chi connectivity index (χ1n) is 9.23. The second-order valence-corrected chi connectivity index (χ2v) is 8.07. The molecule has 3 heterocycles. The third-order valence-corrected chi connectivity index (χ3v) is 5.95. The van der Waals surface area contributed by atoms with Crippen molar-refractivity contribution in [3.8, 4) is 0 Å². The van der Waals surface area contributed by atoms with Crippen LogP contribution in [0.15, 0.2) is 42.7 Å². The number of aromatic nitrogens is 2. The highest BCUT2D eigenvalue weighted by Gasteiger charge is 2.36. The summed E-state index contributed by atoms with van der Waals surface area (Å²) in [7, 11) is 0. The number of carbonyl (C=O) groups is 2. The van der Waals surface area contributed by atoms with Gasteiger partial charge in [0.1, 0.15) is 0 Å². The molecule has 8 heteroatoms. The molecule has 2 amide bonds. The van der Waals surface area contributed by atoms with Crippen molar-refractivity contribution in [3.63, 3.8) is 0 Å². The van der Waals surface area contributed by atoms with Crippen molar-refractivity contribution in [1.29, 1.82) is 0 Å². The molecule has 0 spiro atoms. The van der Waals surface area contributed by atoms with Crippen molar-refractivity contribution in [1.82, 2.24) is 9.55 Å². The summed E-state index contributed by atoms with van der Waals surface area (Å²) in [4.78, 5) is 28.5. The molecule has 0 saturated carbocycles. The van der Waals surface area contributed by atoms with Crippen LogP contribution in [0.4, 0.5) is 10.8 Å². The zero-order valence-corrected chi connectivity index (χ0v) is 16.4. The Morgan fingerprint density at radius 3 is 2.68 bits per heavy atom. The van der Waals surface area contributed by atoms with Gasteiger partial charge in [-0.25, -0.2) is 4.98 Å². The fourth-order valence-electron chi connectivity index (χ4n) is 3.65. The van der Waals surface area contributed by atoms with Gasteiger partial charge in [0.2, 0.25) is 11.8 Å². The number of amides is 2. The van der Waals surface area contributed by atoms with E-state index in [4.69, 9.17) is 4.74 Å². The maximum atomic E-state index is 12.8. The van der Waals surface area contributed by atoms with Crippen LogP contribution in [0, 0.1) is 0 Å². The Kier molecular flexibility index (Phi) is 5.15. The molecule has 1 aliphatic heterocycles. The van der Waals surface area contributed by atoms with Crippen LogP contribution in [-0.4, -0.2) is 34.6 Å². The molecule has 0 aliphatic carbocycles. The second kappa shape index (κ2) is 7.73. The largest absolute Gasteiger partial charge is 0.381 e. The van der Waals surface area contributed by atoms with Crippen molar-refractivity contribution < 1.29 is 14.3 Å². The first kappa shape index (κ1) is 18.6. The van der Waals surface area contributed by atoms with Crippen LogP contribution in [0.3, 0.4) is 0 Å². The average Bonchev–Trinajstić information content (AvgIpc) is 3.31. The normalized spacial score (nSPS) is 16.0. The Morgan fingerprint density at radius 1 is 1.21 bits per heavy atom. The maximum Gasteiger partial charge on any atom is 0.228 e. The number of fused-ring (bicyclic) bond motifs is 1. The number of ether oxygens (including phenoxy) is 1. The Morgan fingerprint density at radius 2 is 1.96 bits per heavy atom. The minimum absolute atomic E-state index is 0.0586. The predicted octanol–water partition coefficient (Wildman–Crippen LogP) is 3.59. The molecule has 0 atom stereocenters. The molecule has 1 fully saturated rings. The number of hydrogen-bond donors (Lipinski definition) is 2. The summed E-state index contributed by atoms with van der Waals surface area (Å²) in [6.45, 7) is 2.77. The van der Waals surface area contributed by atoms with Gasteiger partial charge >= 0.3 is 0 Å². The Balaban J connectivity index is 1.50. The molecule has 0 unspecified atom stereocenters. The first-order valence-corrected chi connectivity index (χ1v) is 10.0. The highest BCUT2D eigenvalue weighted by atomic mass is 32.1. The number of benzene rings is 1.